The van der Waals surface area contributed by atoms with E-state index in [1.807, 2.05) is 4.90 Å². The first-order valence-corrected chi connectivity index (χ1v) is 5.26. The molecule has 0 aliphatic carbocycles. The quantitative estimate of drug-likeness (QED) is 0.725. The fraction of sp³-hybridized carbons (Fsp3) is 0.545. The van der Waals surface area contributed by atoms with Gasteiger partial charge in [-0.1, -0.05) is 6.07 Å². The summed E-state index contributed by atoms with van der Waals surface area (Å²) in [5.41, 5.74) is 0.853. The molecule has 0 amide bonds. The number of rotatable bonds is 2. The van der Waals surface area contributed by atoms with E-state index in [2.05, 4.69) is 4.98 Å². The summed E-state index contributed by atoms with van der Waals surface area (Å²) >= 11 is 0. The predicted molar refractivity (Wildman–Crippen MR) is 53.7 cm³/mol. The van der Waals surface area contributed by atoms with Crippen molar-refractivity contribution in [3.63, 3.8) is 0 Å². The topological polar surface area (TPSA) is 16.1 Å². The van der Waals surface area contributed by atoms with Crippen molar-refractivity contribution in [3.05, 3.63) is 29.8 Å². The fourth-order valence-electron chi connectivity index (χ4n) is 1.80. The van der Waals surface area contributed by atoms with Gasteiger partial charge in [-0.15, -0.1) is 0 Å². The summed E-state index contributed by atoms with van der Waals surface area (Å²) in [5.74, 6) is -3.04. The van der Waals surface area contributed by atoms with E-state index in [4.69, 9.17) is 0 Å². The summed E-state index contributed by atoms with van der Waals surface area (Å²) in [4.78, 5) is 5.47. The number of hydrogen-bond acceptors (Lipinski definition) is 2. The summed E-state index contributed by atoms with van der Waals surface area (Å²) in [6, 6.07) is 2.92. The van der Waals surface area contributed by atoms with Gasteiger partial charge in [-0.05, 0) is 11.6 Å². The van der Waals surface area contributed by atoms with E-state index in [9.17, 15) is 13.2 Å². The van der Waals surface area contributed by atoms with Gasteiger partial charge >= 0.3 is 0 Å². The highest BCUT2D eigenvalue weighted by atomic mass is 19.3. The van der Waals surface area contributed by atoms with Crippen LogP contribution in [0.5, 0.6) is 0 Å². The third kappa shape index (κ3) is 2.95. The molecular formula is C11H13F3N2. The van der Waals surface area contributed by atoms with Gasteiger partial charge in [-0.3, -0.25) is 4.90 Å². The fourth-order valence-corrected chi connectivity index (χ4v) is 1.80. The Morgan fingerprint density at radius 1 is 1.25 bits per heavy atom. The Balaban J connectivity index is 1.89. The van der Waals surface area contributed by atoms with Crippen molar-refractivity contribution in [1.82, 2.24) is 9.88 Å². The first kappa shape index (κ1) is 11.4. The maximum Gasteiger partial charge on any atom is 0.250 e. The van der Waals surface area contributed by atoms with Crippen LogP contribution in [-0.4, -0.2) is 28.9 Å². The number of alkyl halides is 2. The standard InChI is InChI=1S/C11H13F3N2/c12-10-2-1-9(7-15-10)8-16-5-3-11(13,14)4-6-16/h1-2,7H,3-6,8H2. The third-order valence-corrected chi connectivity index (χ3v) is 2.78. The molecule has 1 aliphatic rings. The molecule has 2 nitrogen and oxygen atoms in total. The average Bonchev–Trinajstić information content (AvgIpc) is 2.24. The second kappa shape index (κ2) is 4.41. The predicted octanol–water partition coefficient (Wildman–Crippen LogP) is 2.45. The van der Waals surface area contributed by atoms with Crippen LogP contribution in [0.2, 0.25) is 0 Å². The highest BCUT2D eigenvalue weighted by Crippen LogP contribution is 2.28. The molecular weight excluding hydrogens is 217 g/mol. The minimum absolute atomic E-state index is 0.0956. The molecule has 0 spiro atoms. The van der Waals surface area contributed by atoms with Crippen molar-refractivity contribution in [2.75, 3.05) is 13.1 Å². The number of nitrogens with zero attached hydrogens (tertiary/aromatic N) is 2. The summed E-state index contributed by atoms with van der Waals surface area (Å²) in [5, 5.41) is 0. The lowest BCUT2D eigenvalue weighted by Crippen LogP contribution is -2.38. The lowest BCUT2D eigenvalue weighted by molar-refractivity contribution is -0.0566. The normalized spacial score (nSPS) is 20.9. The smallest absolute Gasteiger partial charge is 0.250 e. The van der Waals surface area contributed by atoms with Crippen molar-refractivity contribution in [3.8, 4) is 0 Å². The third-order valence-electron chi connectivity index (χ3n) is 2.78. The van der Waals surface area contributed by atoms with Crippen molar-refractivity contribution < 1.29 is 13.2 Å². The van der Waals surface area contributed by atoms with Gasteiger partial charge in [0.15, 0.2) is 0 Å². The number of piperidine rings is 1. The Morgan fingerprint density at radius 3 is 2.50 bits per heavy atom. The van der Waals surface area contributed by atoms with Crippen LogP contribution in [0.1, 0.15) is 18.4 Å². The van der Waals surface area contributed by atoms with Crippen LogP contribution in [-0.2, 0) is 6.54 Å². The molecule has 0 atom stereocenters. The van der Waals surface area contributed by atoms with E-state index in [-0.39, 0.29) is 12.8 Å². The second-order valence-corrected chi connectivity index (χ2v) is 4.12. The zero-order valence-corrected chi connectivity index (χ0v) is 8.80. The summed E-state index contributed by atoms with van der Waals surface area (Å²) in [6.07, 6.45) is 1.26. The molecule has 0 saturated carbocycles. The van der Waals surface area contributed by atoms with Crippen LogP contribution in [0.4, 0.5) is 13.2 Å². The lowest BCUT2D eigenvalue weighted by atomic mass is 10.1. The molecule has 1 aromatic rings. The first-order valence-electron chi connectivity index (χ1n) is 5.26. The Bertz CT molecular complexity index is 341. The van der Waals surface area contributed by atoms with Crippen molar-refractivity contribution in [1.29, 1.82) is 0 Å². The Labute approximate surface area is 92.1 Å². The summed E-state index contributed by atoms with van der Waals surface area (Å²) in [6.45, 7) is 1.32. The molecule has 1 aromatic heterocycles. The summed E-state index contributed by atoms with van der Waals surface area (Å²) in [7, 11) is 0. The molecule has 16 heavy (non-hydrogen) atoms. The van der Waals surface area contributed by atoms with Crippen LogP contribution in [0.3, 0.4) is 0 Å². The number of aromatic nitrogens is 1. The van der Waals surface area contributed by atoms with Crippen LogP contribution in [0, 0.1) is 5.95 Å². The highest BCUT2D eigenvalue weighted by molar-refractivity contribution is 5.09. The molecule has 2 heterocycles. The SMILES string of the molecule is Fc1ccc(CN2CCC(F)(F)CC2)cn1. The van der Waals surface area contributed by atoms with Gasteiger partial charge in [0.2, 0.25) is 5.95 Å². The van der Waals surface area contributed by atoms with Gasteiger partial charge in [-0.2, -0.15) is 4.39 Å². The van der Waals surface area contributed by atoms with Gasteiger partial charge in [0.05, 0.1) is 0 Å². The van der Waals surface area contributed by atoms with Crippen molar-refractivity contribution in [2.24, 2.45) is 0 Å². The zero-order valence-electron chi connectivity index (χ0n) is 8.80. The Kier molecular flexibility index (Phi) is 3.14. The Hall–Kier alpha value is -1.10. The number of hydrogen-bond donors (Lipinski definition) is 0. The molecule has 0 N–H and O–H groups in total. The summed E-state index contributed by atoms with van der Waals surface area (Å²) < 4.78 is 38.3. The molecule has 0 unspecified atom stereocenters. The first-order chi connectivity index (χ1) is 7.55. The van der Waals surface area contributed by atoms with E-state index in [1.165, 1.54) is 12.3 Å². The highest BCUT2D eigenvalue weighted by Gasteiger charge is 2.33. The number of halogens is 3. The molecule has 1 aliphatic heterocycles. The van der Waals surface area contributed by atoms with Crippen LogP contribution < -0.4 is 0 Å². The maximum absolute atomic E-state index is 12.9. The van der Waals surface area contributed by atoms with E-state index >= 15 is 0 Å². The lowest BCUT2D eigenvalue weighted by Gasteiger charge is -2.31. The zero-order chi connectivity index (χ0) is 11.6. The second-order valence-electron chi connectivity index (χ2n) is 4.12. The molecule has 1 saturated heterocycles. The van der Waals surface area contributed by atoms with Crippen LogP contribution >= 0.6 is 0 Å². The number of likely N-dealkylation sites (tertiary alicyclic amines) is 1. The van der Waals surface area contributed by atoms with E-state index < -0.39 is 11.9 Å². The van der Waals surface area contributed by atoms with E-state index in [0.29, 0.717) is 19.6 Å². The molecule has 0 radical (unpaired) electrons. The Morgan fingerprint density at radius 2 is 1.94 bits per heavy atom. The minimum Gasteiger partial charge on any atom is -0.299 e. The molecule has 2 rings (SSSR count). The van der Waals surface area contributed by atoms with E-state index in [1.54, 1.807) is 6.07 Å². The minimum atomic E-state index is -2.52. The van der Waals surface area contributed by atoms with Gasteiger partial charge in [-0.25, -0.2) is 13.8 Å². The average molecular weight is 230 g/mol. The van der Waals surface area contributed by atoms with Gasteiger partial charge < -0.3 is 0 Å². The molecule has 5 heteroatoms. The largest absolute Gasteiger partial charge is 0.299 e. The van der Waals surface area contributed by atoms with Gasteiger partial charge in [0.25, 0.3) is 5.92 Å². The molecule has 88 valence electrons. The maximum atomic E-state index is 12.9. The van der Waals surface area contributed by atoms with Crippen LogP contribution in [0.15, 0.2) is 18.3 Å². The molecule has 1 fully saturated rings. The molecule has 0 bridgehead atoms. The van der Waals surface area contributed by atoms with Crippen molar-refractivity contribution in [2.45, 2.75) is 25.3 Å². The number of pyridine rings is 1. The van der Waals surface area contributed by atoms with E-state index in [0.717, 1.165) is 5.56 Å². The van der Waals surface area contributed by atoms with Crippen molar-refractivity contribution >= 4 is 0 Å². The van der Waals surface area contributed by atoms with Gasteiger partial charge in [0.1, 0.15) is 0 Å². The monoisotopic (exact) mass is 230 g/mol. The van der Waals surface area contributed by atoms with Gasteiger partial charge in [0, 0.05) is 38.7 Å². The van der Waals surface area contributed by atoms with Crippen LogP contribution in [0.25, 0.3) is 0 Å². The molecule has 0 aromatic carbocycles.